The van der Waals surface area contributed by atoms with Crippen LogP contribution in [0, 0.1) is 0 Å². The quantitative estimate of drug-likeness (QED) is 0.416. The second kappa shape index (κ2) is 9.42. The van der Waals surface area contributed by atoms with Gasteiger partial charge in [-0.1, -0.05) is 18.6 Å². The van der Waals surface area contributed by atoms with Crippen LogP contribution < -0.4 is 4.74 Å². The molecule has 0 saturated carbocycles. The summed E-state index contributed by atoms with van der Waals surface area (Å²) in [4.78, 5) is 13.7. The molecule has 1 heterocycles. The van der Waals surface area contributed by atoms with E-state index in [1.54, 1.807) is 19.2 Å². The first kappa shape index (κ1) is 20.0. The maximum absolute atomic E-state index is 11.4. The van der Waals surface area contributed by atoms with Gasteiger partial charge in [0.05, 0.1) is 7.11 Å². The first-order chi connectivity index (χ1) is 13.6. The number of benzene rings is 2. The number of aldehydes is 1. The van der Waals surface area contributed by atoms with E-state index in [0.29, 0.717) is 11.3 Å². The molecule has 1 aromatic heterocycles. The number of carbonyl (C=O) groups excluding carboxylic acids is 1. The molecular formula is C23H28N2O3. The number of phenolic OH excluding ortho intramolecular Hbond substituents is 1. The van der Waals surface area contributed by atoms with Crippen LogP contribution in [0.5, 0.6) is 11.5 Å². The van der Waals surface area contributed by atoms with Crippen molar-refractivity contribution in [2.75, 3.05) is 20.7 Å². The van der Waals surface area contributed by atoms with E-state index in [1.807, 2.05) is 36.5 Å². The number of fused-ring (bicyclic) bond motifs is 1. The van der Waals surface area contributed by atoms with Gasteiger partial charge in [-0.25, -0.2) is 0 Å². The summed E-state index contributed by atoms with van der Waals surface area (Å²) in [5, 5.41) is 10.3. The van der Waals surface area contributed by atoms with Gasteiger partial charge in [0, 0.05) is 35.8 Å². The van der Waals surface area contributed by atoms with E-state index >= 15 is 0 Å². The Morgan fingerprint density at radius 3 is 2.61 bits per heavy atom. The molecule has 0 aliphatic carbocycles. The van der Waals surface area contributed by atoms with Crippen molar-refractivity contribution in [3.63, 3.8) is 0 Å². The molecule has 0 aliphatic heterocycles. The van der Waals surface area contributed by atoms with E-state index in [0.717, 1.165) is 61.8 Å². The van der Waals surface area contributed by atoms with Crippen LogP contribution in [-0.2, 0) is 13.1 Å². The summed E-state index contributed by atoms with van der Waals surface area (Å²) < 4.78 is 7.44. The third-order valence-electron chi connectivity index (χ3n) is 5.07. The van der Waals surface area contributed by atoms with Crippen molar-refractivity contribution in [2.45, 2.75) is 32.4 Å². The Kier molecular flexibility index (Phi) is 6.71. The average molecular weight is 380 g/mol. The highest BCUT2D eigenvalue weighted by atomic mass is 16.5. The van der Waals surface area contributed by atoms with Gasteiger partial charge in [0.2, 0.25) is 0 Å². The van der Waals surface area contributed by atoms with Crippen LogP contribution in [-0.4, -0.2) is 41.6 Å². The number of aryl methyl sites for hydroxylation is 1. The van der Waals surface area contributed by atoms with Crippen LogP contribution in [0.15, 0.2) is 48.7 Å². The molecule has 28 heavy (non-hydrogen) atoms. The second-order valence-corrected chi connectivity index (χ2v) is 7.24. The average Bonchev–Trinajstić information content (AvgIpc) is 3.06. The summed E-state index contributed by atoms with van der Waals surface area (Å²) in [6.45, 7) is 2.81. The van der Waals surface area contributed by atoms with E-state index in [-0.39, 0.29) is 0 Å². The maximum atomic E-state index is 11.4. The van der Waals surface area contributed by atoms with Crippen molar-refractivity contribution in [1.82, 2.24) is 9.47 Å². The number of methoxy groups -OCH3 is 1. The molecule has 148 valence electrons. The Balaban J connectivity index is 1.47. The SMILES string of the molecule is COc1ccc2c(c1)c(C=O)cn2CCCCCN(C)Cc1ccc(O)cc1. The number of hydrogen-bond donors (Lipinski definition) is 1. The number of aromatic nitrogens is 1. The summed E-state index contributed by atoms with van der Waals surface area (Å²) >= 11 is 0. The van der Waals surface area contributed by atoms with Gasteiger partial charge in [-0.2, -0.15) is 0 Å². The molecule has 0 unspecified atom stereocenters. The zero-order chi connectivity index (χ0) is 19.9. The zero-order valence-corrected chi connectivity index (χ0v) is 16.6. The molecule has 3 rings (SSSR count). The maximum Gasteiger partial charge on any atom is 0.152 e. The molecule has 0 atom stereocenters. The largest absolute Gasteiger partial charge is 0.508 e. The van der Waals surface area contributed by atoms with Gasteiger partial charge in [-0.15, -0.1) is 0 Å². The Bertz CT molecular complexity index is 915. The fourth-order valence-electron chi connectivity index (χ4n) is 3.54. The van der Waals surface area contributed by atoms with Crippen molar-refractivity contribution < 1.29 is 14.6 Å². The summed E-state index contributed by atoms with van der Waals surface area (Å²) in [5.41, 5.74) is 2.99. The van der Waals surface area contributed by atoms with E-state index < -0.39 is 0 Å². The second-order valence-electron chi connectivity index (χ2n) is 7.24. The van der Waals surface area contributed by atoms with Gasteiger partial charge in [-0.3, -0.25) is 4.79 Å². The van der Waals surface area contributed by atoms with E-state index in [9.17, 15) is 9.90 Å². The number of rotatable bonds is 10. The van der Waals surface area contributed by atoms with Gasteiger partial charge in [-0.05, 0) is 62.3 Å². The molecule has 0 saturated heterocycles. The molecule has 2 aromatic carbocycles. The topological polar surface area (TPSA) is 54.7 Å². The van der Waals surface area contributed by atoms with E-state index in [4.69, 9.17) is 4.74 Å². The van der Waals surface area contributed by atoms with Crippen LogP contribution in [0.1, 0.15) is 35.2 Å². The number of phenols is 1. The lowest BCUT2D eigenvalue weighted by Gasteiger charge is -2.16. The smallest absolute Gasteiger partial charge is 0.152 e. The Hall–Kier alpha value is -2.79. The first-order valence-electron chi connectivity index (χ1n) is 9.69. The normalized spacial score (nSPS) is 11.2. The highest BCUT2D eigenvalue weighted by molar-refractivity contribution is 5.98. The van der Waals surface area contributed by atoms with E-state index in [1.165, 1.54) is 5.56 Å². The summed E-state index contributed by atoms with van der Waals surface area (Å²) in [5.74, 6) is 1.07. The summed E-state index contributed by atoms with van der Waals surface area (Å²) in [6.07, 6.45) is 6.18. The molecule has 3 aromatic rings. The highest BCUT2D eigenvalue weighted by Gasteiger charge is 2.09. The predicted octanol–water partition coefficient (Wildman–Crippen LogP) is 4.47. The third kappa shape index (κ3) is 4.93. The minimum Gasteiger partial charge on any atom is -0.508 e. The Morgan fingerprint density at radius 2 is 1.89 bits per heavy atom. The molecule has 0 bridgehead atoms. The first-order valence-corrected chi connectivity index (χ1v) is 9.69. The third-order valence-corrected chi connectivity index (χ3v) is 5.07. The predicted molar refractivity (Wildman–Crippen MR) is 112 cm³/mol. The lowest BCUT2D eigenvalue weighted by atomic mass is 10.2. The lowest BCUT2D eigenvalue weighted by Crippen LogP contribution is -2.19. The number of unbranched alkanes of at least 4 members (excludes halogenated alkanes) is 2. The van der Waals surface area contributed by atoms with Crippen LogP contribution in [0.2, 0.25) is 0 Å². The molecule has 0 amide bonds. The standard InChI is InChI=1S/C23H28N2O3/c1-24(15-18-6-8-20(27)9-7-18)12-4-3-5-13-25-16-19(17-26)22-14-21(28-2)10-11-23(22)25/h6-11,14,16-17,27H,3-5,12-13,15H2,1-2H3. The van der Waals surface area contributed by atoms with Crippen molar-refractivity contribution in [3.8, 4) is 11.5 Å². The number of nitrogens with zero attached hydrogens (tertiary/aromatic N) is 2. The fourth-order valence-corrected chi connectivity index (χ4v) is 3.54. The van der Waals surface area contributed by atoms with E-state index in [2.05, 4.69) is 16.5 Å². The van der Waals surface area contributed by atoms with Gasteiger partial charge in [0.15, 0.2) is 6.29 Å². The molecule has 0 spiro atoms. The van der Waals surface area contributed by atoms with Gasteiger partial charge >= 0.3 is 0 Å². The van der Waals surface area contributed by atoms with Crippen LogP contribution in [0.25, 0.3) is 10.9 Å². The van der Waals surface area contributed by atoms with Crippen LogP contribution in [0.3, 0.4) is 0 Å². The molecule has 5 heteroatoms. The number of hydrogen-bond acceptors (Lipinski definition) is 4. The summed E-state index contributed by atoms with van der Waals surface area (Å²) in [6, 6.07) is 13.3. The molecule has 5 nitrogen and oxygen atoms in total. The summed E-state index contributed by atoms with van der Waals surface area (Å²) in [7, 11) is 3.76. The number of carbonyl (C=O) groups is 1. The Morgan fingerprint density at radius 1 is 1.11 bits per heavy atom. The van der Waals surface area contributed by atoms with Crippen LogP contribution >= 0.6 is 0 Å². The van der Waals surface area contributed by atoms with Crippen molar-refractivity contribution in [3.05, 3.63) is 59.8 Å². The Labute approximate surface area is 166 Å². The van der Waals surface area contributed by atoms with Crippen molar-refractivity contribution in [1.29, 1.82) is 0 Å². The minimum absolute atomic E-state index is 0.306. The fraction of sp³-hybridized carbons (Fsp3) is 0.348. The molecule has 0 aliphatic rings. The van der Waals surface area contributed by atoms with Gasteiger partial charge in [0.1, 0.15) is 11.5 Å². The number of aromatic hydroxyl groups is 1. The van der Waals surface area contributed by atoms with Crippen molar-refractivity contribution >= 4 is 17.2 Å². The highest BCUT2D eigenvalue weighted by Crippen LogP contribution is 2.25. The zero-order valence-electron chi connectivity index (χ0n) is 16.6. The molecule has 1 N–H and O–H groups in total. The molecule has 0 radical (unpaired) electrons. The van der Waals surface area contributed by atoms with Crippen molar-refractivity contribution in [2.24, 2.45) is 0 Å². The van der Waals surface area contributed by atoms with Crippen LogP contribution in [0.4, 0.5) is 0 Å². The molecule has 0 fully saturated rings. The number of ether oxygens (including phenoxy) is 1. The monoisotopic (exact) mass is 380 g/mol. The molecular weight excluding hydrogens is 352 g/mol. The van der Waals surface area contributed by atoms with Gasteiger partial charge in [0.25, 0.3) is 0 Å². The lowest BCUT2D eigenvalue weighted by molar-refractivity contribution is 0.112. The minimum atomic E-state index is 0.306. The van der Waals surface area contributed by atoms with Gasteiger partial charge < -0.3 is 19.3 Å².